The van der Waals surface area contributed by atoms with Crippen molar-refractivity contribution in [3.8, 4) is 11.3 Å². The Kier molecular flexibility index (Phi) is 6.68. The van der Waals surface area contributed by atoms with Crippen LogP contribution in [-0.2, 0) is 11.3 Å². The number of nitrogens with zero attached hydrogens (tertiary/aromatic N) is 4. The van der Waals surface area contributed by atoms with E-state index in [4.69, 9.17) is 10.8 Å². The monoisotopic (exact) mass is 521 g/mol. The van der Waals surface area contributed by atoms with Crippen molar-refractivity contribution in [2.75, 3.05) is 11.9 Å². The lowest BCUT2D eigenvalue weighted by Crippen LogP contribution is -2.23. The molecule has 0 fully saturated rings. The Labute approximate surface area is 224 Å². The number of aliphatic imine (C=N–C) groups is 1. The number of nitrogens with two attached hydrogens (primary N) is 1. The van der Waals surface area contributed by atoms with Crippen LogP contribution in [0.2, 0.25) is 0 Å². The molecule has 0 spiro atoms. The quantitative estimate of drug-likeness (QED) is 0.161. The Hall–Kier alpha value is -5.25. The van der Waals surface area contributed by atoms with Crippen molar-refractivity contribution in [3.63, 3.8) is 0 Å². The van der Waals surface area contributed by atoms with Gasteiger partial charge in [-0.25, -0.2) is 14.8 Å². The number of carboxylic acids is 1. The number of hydrogen-bond acceptors (Lipinski definition) is 6. The Morgan fingerprint density at radius 2 is 2.03 bits per heavy atom. The third-order valence-corrected chi connectivity index (χ3v) is 6.60. The number of carbonyl (C=O) groups is 2. The van der Waals surface area contributed by atoms with Gasteiger partial charge in [-0.2, -0.15) is 4.99 Å². The Morgan fingerprint density at radius 3 is 2.79 bits per heavy atom. The van der Waals surface area contributed by atoms with Crippen molar-refractivity contribution < 1.29 is 14.7 Å². The van der Waals surface area contributed by atoms with Crippen LogP contribution in [0.1, 0.15) is 34.0 Å². The first-order chi connectivity index (χ1) is 18.8. The number of benzene rings is 2. The van der Waals surface area contributed by atoms with Crippen LogP contribution in [0, 0.1) is 6.92 Å². The molecule has 1 amide bonds. The Morgan fingerprint density at radius 1 is 1.23 bits per heavy atom. The van der Waals surface area contributed by atoms with Crippen LogP contribution in [-0.4, -0.2) is 44.8 Å². The predicted molar refractivity (Wildman–Crippen MR) is 152 cm³/mol. The number of H-pyrrole nitrogens is 1. The smallest absolute Gasteiger partial charge is 0.328 e. The molecule has 0 bridgehead atoms. The zero-order valence-electron chi connectivity index (χ0n) is 21.7. The summed E-state index contributed by atoms with van der Waals surface area (Å²) in [4.78, 5) is 42.8. The first-order valence-electron chi connectivity index (χ1n) is 12.3. The maximum Gasteiger partial charge on any atom is 0.328 e. The van der Waals surface area contributed by atoms with E-state index in [2.05, 4.69) is 25.3 Å². The normalized spacial score (nSPS) is 13.9. The number of fused-ring (bicyclic) bond motifs is 2. The molecule has 5 rings (SSSR count). The zero-order valence-corrected chi connectivity index (χ0v) is 21.7. The number of aromatic amines is 1. The number of allylic oxidation sites excluding steroid dienone is 1. The summed E-state index contributed by atoms with van der Waals surface area (Å²) in [7, 11) is 1.80. The number of carboxylic acid groups (broad SMARTS) is 1. The van der Waals surface area contributed by atoms with E-state index in [1.807, 2.05) is 44.3 Å². The molecular formula is C29H27N7O3. The number of nitrogens with one attached hydrogen (secondary N) is 2. The maximum absolute atomic E-state index is 13.4. The van der Waals surface area contributed by atoms with Crippen LogP contribution < -0.4 is 16.0 Å². The van der Waals surface area contributed by atoms with Gasteiger partial charge in [-0.15, -0.1) is 0 Å². The van der Waals surface area contributed by atoms with Crippen LogP contribution in [0.4, 0.5) is 11.6 Å². The number of amidine groups is 1. The van der Waals surface area contributed by atoms with Gasteiger partial charge in [-0.1, -0.05) is 24.3 Å². The van der Waals surface area contributed by atoms with Gasteiger partial charge in [-0.05, 0) is 54.8 Å². The summed E-state index contributed by atoms with van der Waals surface area (Å²) in [5, 5.41) is 12.9. The standard InChI is InChI=1S/C29H27N7O3/c1-16-13-33-29(34-24(30)12-17(2)31-3)35-26(16)21-14-32-27-19(21)7-5-9-23(27)36-15-22-18(10-11-25(37)38)6-4-8-20(22)28(36)39/h4-14,31-32H,15H2,1-3H3,(H,37,38)(H2,30,33,34,35)/b11-10+,17-12-. The third-order valence-electron chi connectivity index (χ3n) is 6.60. The van der Waals surface area contributed by atoms with E-state index in [-0.39, 0.29) is 17.7 Å². The largest absolute Gasteiger partial charge is 0.478 e. The summed E-state index contributed by atoms with van der Waals surface area (Å²) in [5.74, 6) is -0.665. The minimum absolute atomic E-state index is 0.144. The van der Waals surface area contributed by atoms with Gasteiger partial charge < -0.3 is 26.0 Å². The van der Waals surface area contributed by atoms with Gasteiger partial charge in [0.25, 0.3) is 11.9 Å². The second-order valence-electron chi connectivity index (χ2n) is 9.15. The number of carbonyl (C=O) groups excluding carboxylic acids is 1. The predicted octanol–water partition coefficient (Wildman–Crippen LogP) is 4.30. The number of rotatable bonds is 7. The minimum Gasteiger partial charge on any atom is -0.478 e. The van der Waals surface area contributed by atoms with E-state index in [0.29, 0.717) is 23.4 Å². The zero-order chi connectivity index (χ0) is 27.7. The van der Waals surface area contributed by atoms with E-state index in [1.54, 1.807) is 36.4 Å². The number of para-hydroxylation sites is 1. The average Bonchev–Trinajstić information content (AvgIpc) is 3.50. The molecule has 39 heavy (non-hydrogen) atoms. The van der Waals surface area contributed by atoms with Crippen molar-refractivity contribution in [1.29, 1.82) is 0 Å². The molecule has 0 aliphatic carbocycles. The molecule has 5 N–H and O–H groups in total. The fourth-order valence-corrected chi connectivity index (χ4v) is 4.63. The topological polar surface area (TPSA) is 150 Å². The molecular weight excluding hydrogens is 494 g/mol. The number of anilines is 1. The molecule has 0 radical (unpaired) electrons. The molecule has 0 saturated carbocycles. The summed E-state index contributed by atoms with van der Waals surface area (Å²) < 4.78 is 0. The van der Waals surface area contributed by atoms with Crippen molar-refractivity contribution in [2.24, 2.45) is 10.7 Å². The molecule has 1 aliphatic rings. The molecule has 10 heteroatoms. The summed E-state index contributed by atoms with van der Waals surface area (Å²) >= 11 is 0. The van der Waals surface area contributed by atoms with E-state index in [9.17, 15) is 9.59 Å². The van der Waals surface area contributed by atoms with Crippen molar-refractivity contribution in [3.05, 3.63) is 88.9 Å². The third kappa shape index (κ3) is 4.87. The number of amides is 1. The number of aryl methyl sites for hydroxylation is 1. The van der Waals surface area contributed by atoms with Crippen molar-refractivity contribution >= 4 is 46.3 Å². The highest BCUT2D eigenvalue weighted by Gasteiger charge is 2.31. The summed E-state index contributed by atoms with van der Waals surface area (Å²) in [6.07, 6.45) is 7.87. The lowest BCUT2D eigenvalue weighted by atomic mass is 10.0. The van der Waals surface area contributed by atoms with Crippen LogP contribution in [0.5, 0.6) is 0 Å². The van der Waals surface area contributed by atoms with Gasteiger partial charge in [0.2, 0.25) is 0 Å². The molecule has 1 aliphatic heterocycles. The number of hydrogen-bond donors (Lipinski definition) is 4. The SMILES string of the molecule is CN/C(C)=C\C(N)=N/c1ncc(C)c(-c2c[nH]c3c(N4Cc5c(/C=C/C(=O)O)cccc5C4=O)cccc23)n1. The van der Waals surface area contributed by atoms with E-state index >= 15 is 0 Å². The summed E-state index contributed by atoms with van der Waals surface area (Å²) in [6.45, 7) is 4.13. The van der Waals surface area contributed by atoms with Gasteiger partial charge in [0, 0.05) is 47.7 Å². The van der Waals surface area contributed by atoms with Gasteiger partial charge in [0.05, 0.1) is 23.4 Å². The molecule has 4 aromatic rings. The Balaban J connectivity index is 1.54. The van der Waals surface area contributed by atoms with E-state index in [0.717, 1.165) is 45.1 Å². The summed E-state index contributed by atoms with van der Waals surface area (Å²) in [5.41, 5.74) is 12.9. The first-order valence-corrected chi connectivity index (χ1v) is 12.3. The minimum atomic E-state index is -1.04. The molecule has 2 aromatic carbocycles. The van der Waals surface area contributed by atoms with Crippen LogP contribution in [0.15, 0.2) is 71.6 Å². The van der Waals surface area contributed by atoms with Crippen molar-refractivity contribution in [2.45, 2.75) is 20.4 Å². The summed E-state index contributed by atoms with van der Waals surface area (Å²) in [6, 6.07) is 11.1. The van der Waals surface area contributed by atoms with Gasteiger partial charge in [0.15, 0.2) is 0 Å². The Bertz CT molecular complexity index is 1720. The van der Waals surface area contributed by atoms with Crippen LogP contribution >= 0.6 is 0 Å². The number of aliphatic carboxylic acids is 1. The molecule has 0 saturated heterocycles. The fourth-order valence-electron chi connectivity index (χ4n) is 4.63. The number of aromatic nitrogens is 3. The molecule has 196 valence electrons. The van der Waals surface area contributed by atoms with Gasteiger partial charge >= 0.3 is 5.97 Å². The highest BCUT2D eigenvalue weighted by atomic mass is 16.4. The molecule has 2 aromatic heterocycles. The second kappa shape index (κ2) is 10.3. The second-order valence-corrected chi connectivity index (χ2v) is 9.15. The highest BCUT2D eigenvalue weighted by molar-refractivity contribution is 6.15. The van der Waals surface area contributed by atoms with E-state index in [1.165, 1.54) is 6.08 Å². The van der Waals surface area contributed by atoms with Crippen LogP contribution in [0.25, 0.3) is 28.2 Å². The molecule has 0 unspecified atom stereocenters. The molecule has 10 nitrogen and oxygen atoms in total. The van der Waals surface area contributed by atoms with Crippen molar-refractivity contribution in [1.82, 2.24) is 20.3 Å². The molecule has 3 heterocycles. The fraction of sp³-hybridized carbons (Fsp3) is 0.138. The lowest BCUT2D eigenvalue weighted by molar-refractivity contribution is -0.131. The molecule has 0 atom stereocenters. The van der Waals surface area contributed by atoms with Gasteiger partial charge in [0.1, 0.15) is 5.84 Å². The van der Waals surface area contributed by atoms with Crippen LogP contribution in [0.3, 0.4) is 0 Å². The highest BCUT2D eigenvalue weighted by Crippen LogP contribution is 2.38. The first kappa shape index (κ1) is 25.4. The maximum atomic E-state index is 13.4. The lowest BCUT2D eigenvalue weighted by Gasteiger charge is -2.17. The van der Waals surface area contributed by atoms with E-state index < -0.39 is 5.97 Å². The van der Waals surface area contributed by atoms with Gasteiger partial charge in [-0.3, -0.25) is 4.79 Å². The average molecular weight is 522 g/mol.